The molecule has 12 rings (SSSR count). The highest BCUT2D eigenvalue weighted by Crippen LogP contribution is 2.47. The summed E-state index contributed by atoms with van der Waals surface area (Å²) in [7, 11) is -31.1. The molecule has 0 fully saturated rings. The number of hydrogen-bond donors (Lipinski definition) is 12. The molecule has 12 N–H and O–H groups in total. The second kappa shape index (κ2) is 56.8. The standard InChI is InChI=1S/C60H59N19O23S8.C13H9N3O.2C2H6O.2CH4.3O3S/c1-33-24-47(74-77-55-34(2)39(32-61)56-65-40-12-4-5-13-50(40)78(56)57(55)81)51(102-17-7-20-105(84,85)86)29-42(33)71-75-49-28-44(66-60-68-58(62-16-23-108(93,94)95)67-59(69-60)64-36-10-6-11-38(25-36)109(96,97)98)46(31-53(49)104-19-9-22-107(90,91)92)73-76-48-27-43(63-35(3)80)45(30-52(48)103-18-8-21-106(87,88)89)72-70-41-15-14-37(79(82)83)26-54(41)110(99,100)101;1-8-6-12(17)16-11-5-3-2-4-10(11)15-13(16)9(8)7-14;2*1-3-2;;;3*1-4(2)3/h4-6,10-15,24-31,81H,7-9,16-23H2,1-3H3,(H,63,80)(H,84,85,86)(H,87,88,89)(H,90,91,92)(H,93,94,95)(H,96,97,98)(H,99,100,101)(H3,62,64,66,67,68,69);2-6,15H,1H3;2*1-2H3;2*1H4;;;. The van der Waals surface area contributed by atoms with Crippen LogP contribution < -0.4 is 31.6 Å². The van der Waals surface area contributed by atoms with E-state index in [1.54, 1.807) is 71.0 Å². The highest BCUT2D eigenvalue weighted by molar-refractivity contribution is 7.99. The Hall–Kier alpha value is -14.6. The number of aromatic amines is 1. The number of amides is 1. The van der Waals surface area contributed by atoms with Gasteiger partial charge in [0.25, 0.3) is 72.0 Å². The van der Waals surface area contributed by atoms with Crippen molar-refractivity contribution >= 4 is 241 Å². The number of H-pyrrole nitrogens is 1. The summed E-state index contributed by atoms with van der Waals surface area (Å²) in [5, 5.41) is 88.5. The Labute approximate surface area is 849 Å². The number of aromatic hydroxyl groups is 1. The van der Waals surface area contributed by atoms with E-state index in [1.807, 2.05) is 24.3 Å². The molecule has 68 heteroatoms. The maximum absolute atomic E-state index is 12.9. The van der Waals surface area contributed by atoms with Gasteiger partial charge in [-0.3, -0.25) is 55.8 Å². The van der Waals surface area contributed by atoms with Crippen LogP contribution in [-0.2, 0) is 107 Å². The lowest BCUT2D eigenvalue weighted by molar-refractivity contribution is -0.385. The largest absolute Gasteiger partial charge is 0.493 e. The van der Waals surface area contributed by atoms with Crippen molar-refractivity contribution in [3.63, 3.8) is 0 Å². The highest BCUT2D eigenvalue weighted by atomic mass is 32.2. The van der Waals surface area contributed by atoms with Gasteiger partial charge in [0, 0.05) is 87.2 Å². The SMILES string of the molecule is C.C.CC(=O)Nc1cc(N=Nc2cc(SCCCS(=O)(=O)O)c(N=Nc3cc(OCCCS(=O)(=O)O)c(N=Nc4c(C)c(C#N)c5nc6ccccc6n5c4O)cc3C)cc2Nc2nc(NCCS(=O)(=O)O)nc(Nc3cccc(S(=O)(=O)O)c3)n2)c(SCCCS(=O)(=O)O)cc1N=Nc1ccc([N+](=O)[O-])cc1S(=O)(=O)O.COC.COC.Cc1cc(=O)n2c([nH]c3ccccc32)c1C#N.O=S(=O)=O.O=S(=O)=O.O=S(=O)=O. The third-order valence-electron chi connectivity index (χ3n) is 17.5. The number of nitro groups is 1. The van der Waals surface area contributed by atoms with Crippen LogP contribution in [0.1, 0.15) is 68.9 Å². The summed E-state index contributed by atoms with van der Waals surface area (Å²) in [6.45, 7) is 4.99. The van der Waals surface area contributed by atoms with Gasteiger partial charge in [-0.1, -0.05) is 45.2 Å². The fraction of sp³-hybridized carbons (Fsp3) is 0.266. The van der Waals surface area contributed by atoms with Crippen LogP contribution in [0.5, 0.6) is 11.6 Å². The van der Waals surface area contributed by atoms with Crippen molar-refractivity contribution in [3.8, 4) is 23.8 Å². The number of benzene rings is 7. The highest BCUT2D eigenvalue weighted by Gasteiger charge is 2.26. The number of anilines is 6. The quantitative estimate of drug-likeness (QED) is 0.00438. The number of nitrogens with zero attached hydrogens (tertiary/aromatic N) is 17. The molecule has 5 heterocycles. The third-order valence-corrected chi connectivity index (χ3v) is 24.7. The third kappa shape index (κ3) is 40.4. The Morgan fingerprint density at radius 2 is 1.01 bits per heavy atom. The van der Waals surface area contributed by atoms with Crippen molar-refractivity contribution in [1.29, 1.82) is 10.5 Å². The molecule has 0 saturated carbocycles. The van der Waals surface area contributed by atoms with Crippen LogP contribution >= 0.6 is 23.5 Å². The number of nitrogens with one attached hydrogen (secondary N) is 5. The van der Waals surface area contributed by atoms with E-state index in [0.717, 1.165) is 65.7 Å². The molecule has 0 aliphatic carbocycles. The molecule has 0 aliphatic heterocycles. The predicted molar refractivity (Wildman–Crippen MR) is 533 cm³/mol. The Morgan fingerprint density at radius 3 is 1.53 bits per heavy atom. The molecular formula is C79H88N22O35S11. The summed E-state index contributed by atoms with van der Waals surface area (Å²) >= 11 is 1.79. The molecular weight excluding hydrogens is 2170 g/mol. The average molecular weight is 2260 g/mol. The van der Waals surface area contributed by atoms with Crippen LogP contribution in [0.4, 0.5) is 86.1 Å². The molecule has 0 radical (unpaired) electrons. The maximum Gasteiger partial charge on any atom is 0.425 e. The topological polar surface area (TPSA) is 876 Å². The molecule has 0 saturated heterocycles. The maximum atomic E-state index is 12.9. The summed E-state index contributed by atoms with van der Waals surface area (Å²) < 4.78 is 296. The molecule has 0 aliphatic rings. The van der Waals surface area contributed by atoms with Gasteiger partial charge in [-0.15, -0.1) is 97.2 Å². The number of pyridine rings is 2. The average Bonchev–Trinajstić information content (AvgIpc) is 1.60. The zero-order chi connectivity index (χ0) is 108. The first-order chi connectivity index (χ1) is 67.8. The van der Waals surface area contributed by atoms with Crippen molar-refractivity contribution in [2.75, 3.05) is 97.4 Å². The van der Waals surface area contributed by atoms with E-state index >= 15 is 0 Å². The Bertz CT molecular complexity index is 8240. The van der Waals surface area contributed by atoms with Crippen LogP contribution in [0.25, 0.3) is 33.4 Å². The van der Waals surface area contributed by atoms with Gasteiger partial charge < -0.3 is 45.6 Å². The number of thioether (sulfide) groups is 2. The number of carbonyl (C=O) groups is 1. The number of aryl methyl sites for hydroxylation is 2. The molecule has 0 unspecified atom stereocenters. The summed E-state index contributed by atoms with van der Waals surface area (Å²) in [6.07, 6.45) is -0.689. The zero-order valence-corrected chi connectivity index (χ0v) is 84.6. The Kier molecular flexibility index (Phi) is 48.2. The van der Waals surface area contributed by atoms with Gasteiger partial charge in [0.05, 0.1) is 84.1 Å². The van der Waals surface area contributed by atoms with Crippen LogP contribution in [0.15, 0.2) is 199 Å². The number of non-ortho nitro benzene ring substituents is 1. The monoisotopic (exact) mass is 2260 g/mol. The van der Waals surface area contributed by atoms with Crippen molar-refractivity contribution in [3.05, 3.63) is 182 Å². The van der Waals surface area contributed by atoms with Gasteiger partial charge in [-0.2, -0.15) is 81.1 Å². The number of nitriles is 2. The van der Waals surface area contributed by atoms with Crippen molar-refractivity contribution in [1.82, 2.24) is 33.7 Å². The second-order valence-corrected chi connectivity index (χ2v) is 40.9. The molecule has 5 aromatic heterocycles. The number of azo groups is 4. The van der Waals surface area contributed by atoms with E-state index in [9.17, 15) is 108 Å². The lowest BCUT2D eigenvalue weighted by atomic mass is 10.1. The van der Waals surface area contributed by atoms with Gasteiger partial charge in [0.2, 0.25) is 29.6 Å². The minimum Gasteiger partial charge on any atom is -0.493 e. The number of hydrogen-bond acceptors (Lipinski definition) is 48. The minimum atomic E-state index is -5.22. The van der Waals surface area contributed by atoms with E-state index in [-0.39, 0.29) is 153 Å². The van der Waals surface area contributed by atoms with Crippen LogP contribution in [0.3, 0.4) is 0 Å². The van der Waals surface area contributed by atoms with Crippen LogP contribution in [-0.4, -0.2) is 241 Å². The van der Waals surface area contributed by atoms with Crippen LogP contribution in [0, 0.1) is 53.5 Å². The molecule has 57 nitrogen and oxygen atoms in total. The van der Waals surface area contributed by atoms with E-state index in [1.165, 1.54) is 65.9 Å². The van der Waals surface area contributed by atoms with Gasteiger partial charge in [-0.05, 0) is 142 Å². The van der Waals surface area contributed by atoms with Crippen molar-refractivity contribution in [2.24, 2.45) is 40.9 Å². The lowest BCUT2D eigenvalue weighted by Gasteiger charge is -2.15. The molecule has 12 aromatic rings. The number of carbonyl (C=O) groups excluding carboxylic acids is 1. The van der Waals surface area contributed by atoms with E-state index < -0.39 is 178 Å². The van der Waals surface area contributed by atoms with Gasteiger partial charge in [-0.25, -0.2) is 4.98 Å². The van der Waals surface area contributed by atoms with Gasteiger partial charge >= 0.3 is 31.8 Å². The van der Waals surface area contributed by atoms with E-state index in [2.05, 4.69) is 109 Å². The Balaban J connectivity index is 0.00000103. The van der Waals surface area contributed by atoms with E-state index in [0.29, 0.717) is 33.9 Å². The summed E-state index contributed by atoms with van der Waals surface area (Å²) in [5.41, 5.74) is 1.91. The van der Waals surface area contributed by atoms with Crippen molar-refractivity contribution in [2.45, 2.75) is 81.4 Å². The lowest BCUT2D eigenvalue weighted by Crippen LogP contribution is -2.17. The number of methoxy groups -OCH3 is 2. The first-order valence-electron chi connectivity index (χ1n) is 39.5. The zero-order valence-electron chi connectivity index (χ0n) is 75.6. The molecule has 0 spiro atoms. The second-order valence-electron chi connectivity index (χ2n) is 28.3. The first-order valence-corrected chi connectivity index (χ1v) is 53.8. The molecule has 7 aromatic carbocycles. The number of para-hydroxylation sites is 4. The summed E-state index contributed by atoms with van der Waals surface area (Å²) in [4.78, 5) is 54.7. The minimum absolute atomic E-state index is 0. The number of nitro benzene ring substituents is 1. The van der Waals surface area contributed by atoms with Gasteiger partial charge in [0.15, 0.2) is 11.3 Å². The molecule has 0 bridgehead atoms. The van der Waals surface area contributed by atoms with Crippen LogP contribution in [0.2, 0.25) is 0 Å². The number of fused-ring (bicyclic) bond motifs is 6. The Morgan fingerprint density at radius 1 is 0.524 bits per heavy atom. The number of ether oxygens (including phenoxy) is 3. The fourth-order valence-electron chi connectivity index (χ4n) is 11.8. The molecule has 1 amide bonds. The first kappa shape index (κ1) is 125. The molecule has 0 atom stereocenters. The number of rotatable bonds is 35. The number of imidazole rings is 2. The molecule has 790 valence electrons. The van der Waals surface area contributed by atoms with E-state index in [4.69, 9.17) is 47.9 Å². The molecule has 147 heavy (non-hydrogen) atoms. The summed E-state index contributed by atoms with van der Waals surface area (Å²) in [6, 6.07) is 34.5. The summed E-state index contributed by atoms with van der Waals surface area (Å²) in [5.74, 6) is -5.99. The number of aromatic nitrogens is 7. The fourth-order valence-corrected chi connectivity index (χ4v) is 17.1. The van der Waals surface area contributed by atoms with Crippen molar-refractivity contribution < 1.29 is 145 Å². The van der Waals surface area contributed by atoms with Gasteiger partial charge in [0.1, 0.15) is 68.1 Å². The predicted octanol–water partition coefficient (Wildman–Crippen LogP) is 12.8. The normalized spacial score (nSPS) is 11.4. The smallest absolute Gasteiger partial charge is 0.425 e.